The van der Waals surface area contributed by atoms with Crippen LogP contribution >= 0.6 is 24.0 Å². The van der Waals surface area contributed by atoms with E-state index >= 15 is 0 Å². The number of guanidine groups is 1. The lowest BCUT2D eigenvalue weighted by Crippen LogP contribution is -2.47. The molecule has 33 heavy (non-hydrogen) atoms. The number of nitrogens with zero attached hydrogens (tertiary/aromatic N) is 2. The summed E-state index contributed by atoms with van der Waals surface area (Å²) in [5.74, 6) is 1.50. The van der Waals surface area contributed by atoms with Gasteiger partial charge in [-0.05, 0) is 36.6 Å². The van der Waals surface area contributed by atoms with Crippen LogP contribution in [0, 0.1) is 5.82 Å². The number of ether oxygens (including phenoxy) is 2. The highest BCUT2D eigenvalue weighted by Gasteiger charge is 2.46. The average Bonchev–Trinajstić information content (AvgIpc) is 3.64. The van der Waals surface area contributed by atoms with Crippen LogP contribution in [0.25, 0.3) is 0 Å². The molecule has 1 aliphatic carbocycles. The Morgan fingerprint density at radius 2 is 1.82 bits per heavy atom. The van der Waals surface area contributed by atoms with E-state index in [0.717, 1.165) is 49.7 Å². The first-order valence-electron chi connectivity index (χ1n) is 11.3. The summed E-state index contributed by atoms with van der Waals surface area (Å²) in [7, 11) is 3.52. The van der Waals surface area contributed by atoms with Crippen LogP contribution in [0.5, 0.6) is 5.75 Å². The highest BCUT2D eigenvalue weighted by molar-refractivity contribution is 14.0. The van der Waals surface area contributed by atoms with E-state index in [0.29, 0.717) is 19.8 Å². The number of halogens is 2. The smallest absolute Gasteiger partial charge is 0.191 e. The molecule has 2 aromatic rings. The van der Waals surface area contributed by atoms with Crippen LogP contribution in [0.15, 0.2) is 53.5 Å². The highest BCUT2D eigenvalue weighted by atomic mass is 127. The molecule has 2 N–H and O–H groups in total. The summed E-state index contributed by atoms with van der Waals surface area (Å²) in [6.45, 7) is 4.61. The first kappa shape index (κ1) is 25.7. The number of hydrogen-bond acceptors (Lipinski definition) is 4. The zero-order valence-electron chi connectivity index (χ0n) is 19.4. The number of hydrogen-bond donors (Lipinski definition) is 2. The van der Waals surface area contributed by atoms with Crippen LogP contribution in [-0.4, -0.2) is 64.4 Å². The number of methoxy groups -OCH3 is 1. The second kappa shape index (κ2) is 12.0. The minimum Gasteiger partial charge on any atom is -0.496 e. The number of benzene rings is 2. The van der Waals surface area contributed by atoms with E-state index in [4.69, 9.17) is 9.47 Å². The molecule has 0 spiro atoms. The van der Waals surface area contributed by atoms with Crippen LogP contribution < -0.4 is 15.4 Å². The van der Waals surface area contributed by atoms with Crippen LogP contribution in [-0.2, 0) is 10.2 Å². The van der Waals surface area contributed by atoms with Crippen molar-refractivity contribution in [3.63, 3.8) is 0 Å². The fourth-order valence-corrected chi connectivity index (χ4v) is 4.47. The molecule has 2 fully saturated rings. The summed E-state index contributed by atoms with van der Waals surface area (Å²) in [6.07, 6.45) is 2.26. The first-order chi connectivity index (χ1) is 15.6. The Morgan fingerprint density at radius 3 is 2.45 bits per heavy atom. The molecule has 6 nitrogen and oxygen atoms in total. The maximum absolute atomic E-state index is 13.5. The van der Waals surface area contributed by atoms with Crippen molar-refractivity contribution in [3.05, 3.63) is 65.5 Å². The molecular weight excluding hydrogens is 534 g/mol. The lowest BCUT2D eigenvalue weighted by Gasteiger charge is -2.35. The third-order valence-electron chi connectivity index (χ3n) is 6.55. The van der Waals surface area contributed by atoms with Crippen LogP contribution in [0.3, 0.4) is 0 Å². The molecule has 1 aliphatic heterocycles. The number of para-hydroxylation sites is 1. The Kier molecular flexibility index (Phi) is 9.34. The summed E-state index contributed by atoms with van der Waals surface area (Å²) in [6, 6.07) is 15.2. The van der Waals surface area contributed by atoms with E-state index in [9.17, 15) is 4.39 Å². The maximum Gasteiger partial charge on any atom is 0.191 e. The number of aliphatic imine (C=N–C) groups is 1. The summed E-state index contributed by atoms with van der Waals surface area (Å²) in [5.41, 5.74) is 2.43. The molecule has 0 bridgehead atoms. The predicted molar refractivity (Wildman–Crippen MR) is 140 cm³/mol. The van der Waals surface area contributed by atoms with E-state index in [1.54, 1.807) is 14.2 Å². The molecule has 2 aromatic carbocycles. The van der Waals surface area contributed by atoms with Crippen LogP contribution in [0.4, 0.5) is 4.39 Å². The van der Waals surface area contributed by atoms with Gasteiger partial charge in [-0.25, -0.2) is 4.39 Å². The molecule has 0 radical (unpaired) electrons. The topological polar surface area (TPSA) is 58.1 Å². The molecule has 1 heterocycles. The van der Waals surface area contributed by atoms with Gasteiger partial charge >= 0.3 is 0 Å². The minimum atomic E-state index is -0.217. The van der Waals surface area contributed by atoms with Crippen molar-refractivity contribution in [2.45, 2.75) is 24.3 Å². The average molecular weight is 568 g/mol. The second-order valence-electron chi connectivity index (χ2n) is 8.50. The van der Waals surface area contributed by atoms with Gasteiger partial charge in [-0.1, -0.05) is 30.3 Å². The fourth-order valence-electron chi connectivity index (χ4n) is 4.47. The van der Waals surface area contributed by atoms with Crippen molar-refractivity contribution in [2.24, 2.45) is 4.99 Å². The molecule has 1 saturated carbocycles. The van der Waals surface area contributed by atoms with Gasteiger partial charge in [-0.2, -0.15) is 0 Å². The maximum atomic E-state index is 13.5. The van der Waals surface area contributed by atoms with E-state index in [1.807, 2.05) is 24.3 Å². The largest absolute Gasteiger partial charge is 0.496 e. The summed E-state index contributed by atoms with van der Waals surface area (Å²) in [4.78, 5) is 6.82. The highest BCUT2D eigenvalue weighted by Crippen LogP contribution is 2.50. The number of nitrogens with one attached hydrogen (secondary N) is 2. The zero-order valence-corrected chi connectivity index (χ0v) is 21.7. The van der Waals surface area contributed by atoms with Gasteiger partial charge in [0.1, 0.15) is 11.6 Å². The molecule has 4 rings (SSSR count). The standard InChI is InChI=1S/C25H33FN4O2.HI/c1-27-24(29-18-25(11-12-25)21-5-3-4-6-23(21)31-2)28-17-22(30-13-15-32-16-14-30)19-7-9-20(26)10-8-19;/h3-10,22H,11-18H2,1-2H3,(H2,27,28,29);1H. The Bertz CT molecular complexity index is 915. The van der Waals surface area contributed by atoms with Crippen molar-refractivity contribution >= 4 is 29.9 Å². The number of rotatable bonds is 8. The first-order valence-corrected chi connectivity index (χ1v) is 11.3. The van der Waals surface area contributed by atoms with Crippen molar-refractivity contribution in [2.75, 3.05) is 53.6 Å². The fraction of sp³-hybridized carbons (Fsp3) is 0.480. The Morgan fingerprint density at radius 1 is 1.12 bits per heavy atom. The Balaban J connectivity index is 0.00000306. The molecule has 2 aliphatic rings. The molecular formula is C25H34FIN4O2. The lowest BCUT2D eigenvalue weighted by molar-refractivity contribution is 0.0170. The van der Waals surface area contributed by atoms with Gasteiger partial charge in [0, 0.05) is 44.2 Å². The third kappa shape index (κ3) is 6.36. The summed E-state index contributed by atoms with van der Waals surface area (Å²) in [5, 5.41) is 7.01. The van der Waals surface area contributed by atoms with Crippen molar-refractivity contribution in [1.29, 1.82) is 0 Å². The van der Waals surface area contributed by atoms with Gasteiger partial charge in [-0.15, -0.1) is 24.0 Å². The normalized spacial score (nSPS) is 18.7. The molecule has 180 valence electrons. The summed E-state index contributed by atoms with van der Waals surface area (Å²) < 4.78 is 24.6. The SMILES string of the molecule is CN=C(NCC(c1ccc(F)cc1)N1CCOCC1)NCC1(c2ccccc2OC)CC1.I. The van der Waals surface area contributed by atoms with E-state index < -0.39 is 0 Å². The van der Waals surface area contributed by atoms with Gasteiger partial charge in [0.15, 0.2) is 5.96 Å². The van der Waals surface area contributed by atoms with Crippen molar-refractivity contribution in [3.8, 4) is 5.75 Å². The van der Waals surface area contributed by atoms with Gasteiger partial charge in [0.25, 0.3) is 0 Å². The number of morpholine rings is 1. The molecule has 0 amide bonds. The molecule has 0 aromatic heterocycles. The molecule has 1 unspecified atom stereocenters. The van der Waals surface area contributed by atoms with Gasteiger partial charge in [-0.3, -0.25) is 9.89 Å². The van der Waals surface area contributed by atoms with Gasteiger partial charge < -0.3 is 20.1 Å². The van der Waals surface area contributed by atoms with Gasteiger partial charge in [0.2, 0.25) is 0 Å². The third-order valence-corrected chi connectivity index (χ3v) is 6.55. The van der Waals surface area contributed by atoms with Crippen molar-refractivity contribution < 1.29 is 13.9 Å². The van der Waals surface area contributed by atoms with E-state index in [-0.39, 0.29) is 41.3 Å². The van der Waals surface area contributed by atoms with E-state index in [2.05, 4.69) is 32.7 Å². The minimum absolute atomic E-state index is 0. The molecule has 8 heteroatoms. The van der Waals surface area contributed by atoms with Crippen LogP contribution in [0.1, 0.15) is 30.0 Å². The zero-order chi connectivity index (χ0) is 22.4. The quantitative estimate of drug-likeness (QED) is 0.289. The van der Waals surface area contributed by atoms with Crippen molar-refractivity contribution in [1.82, 2.24) is 15.5 Å². The lowest BCUT2D eigenvalue weighted by atomic mass is 9.95. The van der Waals surface area contributed by atoms with Gasteiger partial charge in [0.05, 0.1) is 26.4 Å². The Labute approximate surface area is 213 Å². The molecule has 1 saturated heterocycles. The monoisotopic (exact) mass is 568 g/mol. The second-order valence-corrected chi connectivity index (χ2v) is 8.50. The molecule has 1 atom stereocenters. The Hall–Kier alpha value is -1.91. The van der Waals surface area contributed by atoms with E-state index in [1.165, 1.54) is 17.7 Å². The predicted octanol–water partition coefficient (Wildman–Crippen LogP) is 3.72. The summed E-state index contributed by atoms with van der Waals surface area (Å²) >= 11 is 0. The van der Waals surface area contributed by atoms with Crippen LogP contribution in [0.2, 0.25) is 0 Å².